The number of thioether (sulfide) groups is 1. The molecule has 4 rings (SSSR count). The first-order valence-corrected chi connectivity index (χ1v) is 12.9. The third-order valence-corrected chi connectivity index (χ3v) is 7.61. The third kappa shape index (κ3) is 6.09. The number of nitrogens with one attached hydrogen (secondary N) is 1. The summed E-state index contributed by atoms with van der Waals surface area (Å²) in [7, 11) is 1.82. The summed E-state index contributed by atoms with van der Waals surface area (Å²) in [5.74, 6) is 0.651. The minimum atomic E-state index is -0.398. The lowest BCUT2D eigenvalue weighted by Crippen LogP contribution is -2.49. The van der Waals surface area contributed by atoms with Crippen molar-refractivity contribution in [1.29, 1.82) is 0 Å². The Bertz CT molecular complexity index is 1200. The third-order valence-electron chi connectivity index (χ3n) is 5.86. The Labute approximate surface area is 218 Å². The number of hydrogen-bond donors (Lipinski definition) is 1. The van der Waals surface area contributed by atoms with Crippen LogP contribution in [0.25, 0.3) is 0 Å². The first-order chi connectivity index (χ1) is 16.8. The predicted octanol–water partition coefficient (Wildman–Crippen LogP) is 4.05. The lowest BCUT2D eigenvalue weighted by molar-refractivity contribution is -0.128. The van der Waals surface area contributed by atoms with Crippen LogP contribution < -0.4 is 10.2 Å². The first-order valence-electron chi connectivity index (χ1n) is 11.2. The van der Waals surface area contributed by atoms with Gasteiger partial charge in [-0.15, -0.1) is 10.2 Å². The van der Waals surface area contributed by atoms with Crippen molar-refractivity contribution in [2.75, 3.05) is 36.8 Å². The summed E-state index contributed by atoms with van der Waals surface area (Å²) in [6.45, 7) is 4.83. The highest BCUT2D eigenvalue weighted by Crippen LogP contribution is 2.24. The van der Waals surface area contributed by atoms with Crippen LogP contribution in [0.1, 0.15) is 29.1 Å². The van der Waals surface area contributed by atoms with E-state index in [1.165, 1.54) is 23.5 Å². The van der Waals surface area contributed by atoms with Crippen LogP contribution in [-0.2, 0) is 11.8 Å². The number of halogens is 2. The van der Waals surface area contributed by atoms with Crippen LogP contribution in [0.15, 0.2) is 53.7 Å². The van der Waals surface area contributed by atoms with Crippen molar-refractivity contribution >= 4 is 52.5 Å². The van der Waals surface area contributed by atoms with Gasteiger partial charge in [0.15, 0.2) is 11.0 Å². The normalized spacial score (nSPS) is 14.6. The van der Waals surface area contributed by atoms with E-state index in [0.717, 1.165) is 13.1 Å². The molecule has 0 aliphatic carbocycles. The molecular weight excluding hydrogens is 507 g/mol. The second-order valence-electron chi connectivity index (χ2n) is 8.22. The molecule has 2 aromatic carbocycles. The second-order valence-corrected chi connectivity index (χ2v) is 9.97. The molecule has 0 radical (unpaired) electrons. The Morgan fingerprint density at radius 3 is 2.43 bits per heavy atom. The van der Waals surface area contributed by atoms with Crippen molar-refractivity contribution in [3.8, 4) is 0 Å². The lowest BCUT2D eigenvalue weighted by Gasteiger charge is -2.36. The van der Waals surface area contributed by atoms with Gasteiger partial charge in [-0.05, 0) is 37.3 Å². The number of carbonyl (C=O) groups is 2. The number of carbonyl (C=O) groups excluding carboxylic acids is 2. The summed E-state index contributed by atoms with van der Waals surface area (Å²) in [5, 5.41) is 12.7. The van der Waals surface area contributed by atoms with Gasteiger partial charge in [-0.25, -0.2) is 0 Å². The van der Waals surface area contributed by atoms with E-state index in [1.54, 1.807) is 16.7 Å². The van der Waals surface area contributed by atoms with Crippen molar-refractivity contribution in [1.82, 2.24) is 25.0 Å². The van der Waals surface area contributed by atoms with Crippen LogP contribution >= 0.6 is 35.0 Å². The standard InChI is InChI=1S/C24H26Cl2N6O2S/c1-16(27-23(34)17-8-9-19(25)20(26)14-17)22-28-29-24(30(22)2)35-15-21(33)32-12-10-31(11-13-32)18-6-4-3-5-7-18/h3-9,14,16H,10-13,15H2,1-2H3,(H,27,34)/t16-/m0/s1. The molecule has 3 aromatic rings. The molecule has 2 heterocycles. The maximum atomic E-state index is 12.8. The van der Waals surface area contributed by atoms with Gasteiger partial charge in [-0.2, -0.15) is 0 Å². The van der Waals surface area contributed by atoms with E-state index in [-0.39, 0.29) is 17.6 Å². The van der Waals surface area contributed by atoms with Crippen LogP contribution in [0.5, 0.6) is 0 Å². The Morgan fingerprint density at radius 1 is 1.03 bits per heavy atom. The van der Waals surface area contributed by atoms with Gasteiger partial charge < -0.3 is 19.7 Å². The van der Waals surface area contributed by atoms with Crippen LogP contribution in [-0.4, -0.2) is 63.4 Å². The van der Waals surface area contributed by atoms with E-state index in [0.29, 0.717) is 39.7 Å². The molecule has 2 amide bonds. The molecule has 0 spiro atoms. The zero-order valence-electron chi connectivity index (χ0n) is 19.4. The molecule has 35 heavy (non-hydrogen) atoms. The van der Waals surface area contributed by atoms with E-state index in [2.05, 4.69) is 32.5 Å². The monoisotopic (exact) mass is 532 g/mol. The number of piperazine rings is 1. The topological polar surface area (TPSA) is 83.4 Å². The van der Waals surface area contributed by atoms with Crippen LogP contribution in [0.4, 0.5) is 5.69 Å². The molecule has 1 aliphatic rings. The number of para-hydroxylation sites is 1. The summed E-state index contributed by atoms with van der Waals surface area (Å²) in [6, 6.07) is 14.6. The molecular formula is C24H26Cl2N6O2S. The molecule has 0 bridgehead atoms. The molecule has 1 aromatic heterocycles. The van der Waals surface area contributed by atoms with Gasteiger partial charge in [0.25, 0.3) is 5.91 Å². The average molecular weight is 533 g/mol. The van der Waals surface area contributed by atoms with E-state index in [1.807, 2.05) is 37.1 Å². The zero-order chi connectivity index (χ0) is 24.9. The number of anilines is 1. The van der Waals surface area contributed by atoms with Crippen molar-refractivity contribution < 1.29 is 9.59 Å². The Kier molecular flexibility index (Phi) is 8.20. The molecule has 1 aliphatic heterocycles. The number of aromatic nitrogens is 3. The Balaban J connectivity index is 1.29. The van der Waals surface area contributed by atoms with Gasteiger partial charge in [0.05, 0.1) is 21.8 Å². The van der Waals surface area contributed by atoms with Crippen molar-refractivity contribution in [2.45, 2.75) is 18.1 Å². The van der Waals surface area contributed by atoms with E-state index in [9.17, 15) is 9.59 Å². The summed E-state index contributed by atoms with van der Waals surface area (Å²) >= 11 is 13.3. The SMILES string of the molecule is C[C@H](NC(=O)c1ccc(Cl)c(Cl)c1)c1nnc(SCC(=O)N2CCN(c3ccccc3)CC2)n1C. The van der Waals surface area contributed by atoms with Crippen LogP contribution in [0, 0.1) is 0 Å². The molecule has 0 unspecified atom stereocenters. The van der Waals surface area contributed by atoms with E-state index < -0.39 is 6.04 Å². The molecule has 11 heteroatoms. The molecule has 8 nitrogen and oxygen atoms in total. The molecule has 1 N–H and O–H groups in total. The lowest BCUT2D eigenvalue weighted by atomic mass is 10.2. The quantitative estimate of drug-likeness (QED) is 0.462. The van der Waals surface area contributed by atoms with Crippen molar-refractivity contribution in [3.05, 3.63) is 70.0 Å². The molecule has 1 atom stereocenters. The van der Waals surface area contributed by atoms with E-state index in [4.69, 9.17) is 23.2 Å². The van der Waals surface area contributed by atoms with Crippen molar-refractivity contribution in [2.24, 2.45) is 7.05 Å². The molecule has 0 saturated carbocycles. The minimum Gasteiger partial charge on any atom is -0.368 e. The summed E-state index contributed by atoms with van der Waals surface area (Å²) < 4.78 is 1.80. The minimum absolute atomic E-state index is 0.0771. The maximum Gasteiger partial charge on any atom is 0.251 e. The van der Waals surface area contributed by atoms with Gasteiger partial charge in [0, 0.05) is 44.5 Å². The Morgan fingerprint density at radius 2 is 1.74 bits per heavy atom. The van der Waals surface area contributed by atoms with Crippen LogP contribution in [0.2, 0.25) is 10.0 Å². The summed E-state index contributed by atoms with van der Waals surface area (Å²) in [6.07, 6.45) is 0. The summed E-state index contributed by atoms with van der Waals surface area (Å²) in [4.78, 5) is 29.5. The highest BCUT2D eigenvalue weighted by molar-refractivity contribution is 7.99. The zero-order valence-corrected chi connectivity index (χ0v) is 21.8. The van der Waals surface area contributed by atoms with Gasteiger partial charge >= 0.3 is 0 Å². The number of nitrogens with zero attached hydrogens (tertiary/aromatic N) is 5. The predicted molar refractivity (Wildman–Crippen MR) is 139 cm³/mol. The molecule has 1 saturated heterocycles. The number of hydrogen-bond acceptors (Lipinski definition) is 6. The fraction of sp³-hybridized carbons (Fsp3) is 0.333. The fourth-order valence-electron chi connectivity index (χ4n) is 3.88. The number of benzene rings is 2. The highest BCUT2D eigenvalue weighted by Gasteiger charge is 2.23. The van der Waals surface area contributed by atoms with Crippen LogP contribution in [0.3, 0.4) is 0 Å². The van der Waals surface area contributed by atoms with E-state index >= 15 is 0 Å². The van der Waals surface area contributed by atoms with Gasteiger partial charge in [-0.1, -0.05) is 53.2 Å². The van der Waals surface area contributed by atoms with Gasteiger partial charge in [0.2, 0.25) is 5.91 Å². The largest absolute Gasteiger partial charge is 0.368 e. The fourth-order valence-corrected chi connectivity index (χ4v) is 5.00. The smallest absolute Gasteiger partial charge is 0.251 e. The number of amides is 2. The Hall–Kier alpha value is -2.75. The van der Waals surface area contributed by atoms with Crippen molar-refractivity contribution in [3.63, 3.8) is 0 Å². The summed E-state index contributed by atoms with van der Waals surface area (Å²) in [5.41, 5.74) is 1.59. The molecule has 184 valence electrons. The van der Waals surface area contributed by atoms with Gasteiger partial charge in [-0.3, -0.25) is 9.59 Å². The highest BCUT2D eigenvalue weighted by atomic mass is 35.5. The molecule has 1 fully saturated rings. The first kappa shape index (κ1) is 25.3. The average Bonchev–Trinajstić information content (AvgIpc) is 3.25. The maximum absolute atomic E-state index is 12.8. The second kappa shape index (κ2) is 11.3. The number of rotatable bonds is 7. The van der Waals surface area contributed by atoms with Gasteiger partial charge in [0.1, 0.15) is 0 Å².